The summed E-state index contributed by atoms with van der Waals surface area (Å²) in [4.78, 5) is 11.1. The maximum Gasteiger partial charge on any atom is 0.0736 e. The van der Waals surface area contributed by atoms with Gasteiger partial charge in [0, 0.05) is 37.2 Å². The Morgan fingerprint density at radius 2 is 1.89 bits per heavy atom. The average molecular weight is 359 g/mol. The Morgan fingerprint density at radius 3 is 2.67 bits per heavy atom. The van der Waals surface area contributed by atoms with Crippen LogP contribution in [0.1, 0.15) is 24.0 Å². The van der Waals surface area contributed by atoms with Crippen LogP contribution in [0.4, 0.5) is 0 Å². The van der Waals surface area contributed by atoms with E-state index in [-0.39, 0.29) is 0 Å². The third-order valence-electron chi connectivity index (χ3n) is 4.99. The van der Waals surface area contributed by atoms with Crippen molar-refractivity contribution in [1.82, 2.24) is 14.9 Å². The highest BCUT2D eigenvalue weighted by atomic mass is 16.5. The van der Waals surface area contributed by atoms with Gasteiger partial charge >= 0.3 is 0 Å². The minimum atomic E-state index is 0.298. The molecular formula is C23H25N3O. The quantitative estimate of drug-likeness (QED) is 0.657. The predicted octanol–water partition coefficient (Wildman–Crippen LogP) is 4.32. The summed E-state index contributed by atoms with van der Waals surface area (Å²) in [5.74, 6) is 0. The second-order valence-electron chi connectivity index (χ2n) is 7.08. The first kappa shape index (κ1) is 17.8. The number of ether oxygens (including phenoxy) is 1. The van der Waals surface area contributed by atoms with Crippen LogP contribution >= 0.6 is 0 Å². The summed E-state index contributed by atoms with van der Waals surface area (Å²) in [5, 5.41) is 0. The highest BCUT2D eigenvalue weighted by Crippen LogP contribution is 2.20. The van der Waals surface area contributed by atoms with Gasteiger partial charge in [0.15, 0.2) is 0 Å². The third kappa shape index (κ3) is 5.00. The van der Waals surface area contributed by atoms with E-state index in [4.69, 9.17) is 4.74 Å². The van der Waals surface area contributed by atoms with Gasteiger partial charge in [-0.3, -0.25) is 14.9 Å². The van der Waals surface area contributed by atoms with Gasteiger partial charge in [0.1, 0.15) is 0 Å². The molecule has 4 heteroatoms. The number of aromatic nitrogens is 2. The van der Waals surface area contributed by atoms with Crippen molar-refractivity contribution in [2.24, 2.45) is 0 Å². The van der Waals surface area contributed by atoms with Crippen molar-refractivity contribution < 1.29 is 4.74 Å². The standard InChI is InChI=1S/C23H25N3O/c1-2-13-25-23(7-1)21-10-8-19(9-11-21)16-26-14-4-6-22(17-26)27-18-20-5-3-12-24-15-20/h1-3,5,7-13,15,22H,4,6,14,16-18H2/t22-/m0/s1. The predicted molar refractivity (Wildman–Crippen MR) is 107 cm³/mol. The molecule has 1 aromatic carbocycles. The normalized spacial score (nSPS) is 17.7. The maximum absolute atomic E-state index is 6.12. The molecule has 0 amide bonds. The van der Waals surface area contributed by atoms with Gasteiger partial charge in [0.2, 0.25) is 0 Å². The van der Waals surface area contributed by atoms with Crippen LogP contribution in [0.25, 0.3) is 11.3 Å². The third-order valence-corrected chi connectivity index (χ3v) is 4.99. The SMILES string of the molecule is c1ccc(-c2ccc(CN3CCC[C@H](OCc4cccnc4)C3)cc2)nc1. The molecule has 4 nitrogen and oxygen atoms in total. The number of nitrogens with zero attached hydrogens (tertiary/aromatic N) is 3. The second kappa shape index (κ2) is 8.89. The van der Waals surface area contributed by atoms with Crippen molar-refractivity contribution in [3.63, 3.8) is 0 Å². The molecule has 1 fully saturated rings. The Labute approximate surface area is 160 Å². The molecule has 3 heterocycles. The van der Waals surface area contributed by atoms with E-state index >= 15 is 0 Å². The van der Waals surface area contributed by atoms with Crippen LogP contribution in [0.15, 0.2) is 73.2 Å². The van der Waals surface area contributed by atoms with E-state index in [9.17, 15) is 0 Å². The second-order valence-corrected chi connectivity index (χ2v) is 7.08. The highest BCUT2D eigenvalue weighted by molar-refractivity contribution is 5.58. The molecule has 0 saturated carbocycles. The molecule has 0 spiro atoms. The van der Waals surface area contributed by atoms with Crippen molar-refractivity contribution in [2.75, 3.05) is 13.1 Å². The number of hydrogen-bond acceptors (Lipinski definition) is 4. The van der Waals surface area contributed by atoms with Crippen molar-refractivity contribution in [3.05, 3.63) is 84.3 Å². The fourth-order valence-corrected chi connectivity index (χ4v) is 3.56. The number of rotatable bonds is 6. The minimum absolute atomic E-state index is 0.298. The Morgan fingerprint density at radius 1 is 0.963 bits per heavy atom. The van der Waals surface area contributed by atoms with E-state index in [0.717, 1.165) is 42.9 Å². The highest BCUT2D eigenvalue weighted by Gasteiger charge is 2.20. The molecule has 27 heavy (non-hydrogen) atoms. The van der Waals surface area contributed by atoms with E-state index in [1.54, 1.807) is 6.20 Å². The minimum Gasteiger partial charge on any atom is -0.372 e. The summed E-state index contributed by atoms with van der Waals surface area (Å²) < 4.78 is 6.12. The van der Waals surface area contributed by atoms with Gasteiger partial charge in [-0.05, 0) is 48.7 Å². The van der Waals surface area contributed by atoms with Gasteiger partial charge in [-0.15, -0.1) is 0 Å². The smallest absolute Gasteiger partial charge is 0.0736 e. The van der Waals surface area contributed by atoms with Crippen LogP contribution in [-0.2, 0) is 17.9 Å². The summed E-state index contributed by atoms with van der Waals surface area (Å²) in [6.45, 7) is 3.73. The van der Waals surface area contributed by atoms with Gasteiger partial charge in [0.05, 0.1) is 18.4 Å². The molecule has 4 rings (SSSR count). The molecular weight excluding hydrogens is 334 g/mol. The van der Waals surface area contributed by atoms with Crippen LogP contribution < -0.4 is 0 Å². The lowest BCUT2D eigenvalue weighted by Gasteiger charge is -2.32. The largest absolute Gasteiger partial charge is 0.372 e. The molecule has 138 valence electrons. The summed E-state index contributed by atoms with van der Waals surface area (Å²) in [7, 11) is 0. The van der Waals surface area contributed by atoms with Crippen LogP contribution in [0.3, 0.4) is 0 Å². The summed E-state index contributed by atoms with van der Waals surface area (Å²) >= 11 is 0. The van der Waals surface area contributed by atoms with Crippen LogP contribution in [-0.4, -0.2) is 34.1 Å². The van der Waals surface area contributed by atoms with Gasteiger partial charge in [-0.1, -0.05) is 36.4 Å². The molecule has 1 aliphatic heterocycles. The summed E-state index contributed by atoms with van der Waals surface area (Å²) in [5.41, 5.74) is 4.66. The van der Waals surface area contributed by atoms with E-state index in [1.807, 2.05) is 36.7 Å². The first-order valence-corrected chi connectivity index (χ1v) is 9.60. The molecule has 0 bridgehead atoms. The molecule has 1 saturated heterocycles. The molecule has 0 unspecified atom stereocenters. The average Bonchev–Trinajstić information content (AvgIpc) is 2.75. The molecule has 1 aliphatic rings. The number of piperidine rings is 1. The monoisotopic (exact) mass is 359 g/mol. The van der Waals surface area contributed by atoms with E-state index in [1.165, 1.54) is 12.0 Å². The maximum atomic E-state index is 6.12. The van der Waals surface area contributed by atoms with Crippen molar-refractivity contribution >= 4 is 0 Å². The van der Waals surface area contributed by atoms with Gasteiger partial charge in [0.25, 0.3) is 0 Å². The van der Waals surface area contributed by atoms with E-state index in [0.29, 0.717) is 12.7 Å². The summed E-state index contributed by atoms with van der Waals surface area (Å²) in [6, 6.07) is 18.8. The molecule has 0 radical (unpaired) electrons. The lowest BCUT2D eigenvalue weighted by atomic mass is 10.1. The molecule has 2 aromatic heterocycles. The zero-order valence-electron chi connectivity index (χ0n) is 15.5. The van der Waals surface area contributed by atoms with Crippen LogP contribution in [0.2, 0.25) is 0 Å². The lowest BCUT2D eigenvalue weighted by Crippen LogP contribution is -2.39. The molecule has 3 aromatic rings. The first-order valence-electron chi connectivity index (χ1n) is 9.60. The van der Waals surface area contributed by atoms with Crippen LogP contribution in [0, 0.1) is 0 Å². The molecule has 0 aliphatic carbocycles. The zero-order valence-corrected chi connectivity index (χ0v) is 15.5. The molecule has 1 atom stereocenters. The fourth-order valence-electron chi connectivity index (χ4n) is 3.56. The van der Waals surface area contributed by atoms with Gasteiger partial charge < -0.3 is 4.74 Å². The Hall–Kier alpha value is -2.56. The number of pyridine rings is 2. The van der Waals surface area contributed by atoms with Crippen LogP contribution in [0.5, 0.6) is 0 Å². The van der Waals surface area contributed by atoms with E-state index < -0.39 is 0 Å². The number of hydrogen-bond donors (Lipinski definition) is 0. The van der Waals surface area contributed by atoms with Gasteiger partial charge in [-0.2, -0.15) is 0 Å². The topological polar surface area (TPSA) is 38.2 Å². The number of benzene rings is 1. The van der Waals surface area contributed by atoms with E-state index in [2.05, 4.69) is 45.2 Å². The molecule has 0 N–H and O–H groups in total. The summed E-state index contributed by atoms with van der Waals surface area (Å²) in [6.07, 6.45) is 8.13. The Balaban J connectivity index is 1.31. The first-order chi connectivity index (χ1) is 13.4. The fraction of sp³-hybridized carbons (Fsp3) is 0.304. The lowest BCUT2D eigenvalue weighted by molar-refractivity contribution is -0.0121. The van der Waals surface area contributed by atoms with Crippen molar-refractivity contribution in [1.29, 1.82) is 0 Å². The number of likely N-dealkylation sites (tertiary alicyclic amines) is 1. The van der Waals surface area contributed by atoms with Gasteiger partial charge in [-0.25, -0.2) is 0 Å². The Bertz CT molecular complexity index is 821. The van der Waals surface area contributed by atoms with Crippen molar-refractivity contribution in [2.45, 2.75) is 32.1 Å². The Kier molecular flexibility index (Phi) is 5.87. The zero-order chi connectivity index (χ0) is 18.3. The van der Waals surface area contributed by atoms with Crippen molar-refractivity contribution in [3.8, 4) is 11.3 Å².